The molecule has 4 rings (SSSR count). The van der Waals surface area contributed by atoms with Crippen LogP contribution in [0.5, 0.6) is 5.88 Å². The fraction of sp³-hybridized carbons (Fsp3) is 0.480. The van der Waals surface area contributed by atoms with Gasteiger partial charge in [0, 0.05) is 56.7 Å². The van der Waals surface area contributed by atoms with Gasteiger partial charge in [-0.25, -0.2) is 9.78 Å². The van der Waals surface area contributed by atoms with E-state index < -0.39 is 6.10 Å². The number of carbonyl (C=O) groups excluding carboxylic acids is 2. The summed E-state index contributed by atoms with van der Waals surface area (Å²) in [6.45, 7) is 2.16. The maximum Gasteiger partial charge on any atom is 0.328 e. The molecule has 4 heterocycles. The monoisotopic (exact) mass is 525 g/mol. The van der Waals surface area contributed by atoms with Crippen molar-refractivity contribution in [3.63, 3.8) is 0 Å². The zero-order chi connectivity index (χ0) is 26.4. The van der Waals surface area contributed by atoms with E-state index >= 15 is 0 Å². The van der Waals surface area contributed by atoms with Crippen molar-refractivity contribution in [3.05, 3.63) is 35.0 Å². The van der Waals surface area contributed by atoms with E-state index in [9.17, 15) is 14.9 Å². The number of carbonyl (C=O) groups is 2. The van der Waals surface area contributed by atoms with Crippen molar-refractivity contribution < 1.29 is 19.1 Å². The number of hydrogen-bond acceptors (Lipinski definition) is 9. The number of aromatic nitrogens is 2. The molecule has 0 radical (unpaired) electrons. The molecule has 12 heteroatoms. The van der Waals surface area contributed by atoms with E-state index in [4.69, 9.17) is 9.47 Å². The van der Waals surface area contributed by atoms with Crippen LogP contribution in [0, 0.1) is 11.3 Å². The van der Waals surface area contributed by atoms with E-state index in [-0.39, 0.29) is 11.9 Å². The zero-order valence-corrected chi connectivity index (χ0v) is 22.1. The van der Waals surface area contributed by atoms with Gasteiger partial charge in [0.2, 0.25) is 5.88 Å². The number of anilines is 3. The lowest BCUT2D eigenvalue weighted by molar-refractivity contribution is -0.136. The lowest BCUT2D eigenvalue weighted by atomic mass is 10.0. The number of nitriles is 1. The van der Waals surface area contributed by atoms with E-state index in [2.05, 4.69) is 26.7 Å². The maximum absolute atomic E-state index is 13.3. The minimum absolute atomic E-state index is 0.0412. The number of nitrogens with zero attached hydrogens (tertiary/aromatic N) is 5. The normalized spacial score (nSPS) is 16.8. The summed E-state index contributed by atoms with van der Waals surface area (Å²) < 4.78 is 10.8. The van der Waals surface area contributed by atoms with Gasteiger partial charge in [0.1, 0.15) is 23.8 Å². The van der Waals surface area contributed by atoms with Crippen LogP contribution in [0.15, 0.2) is 18.3 Å². The van der Waals surface area contributed by atoms with Crippen LogP contribution in [-0.2, 0) is 22.5 Å². The van der Waals surface area contributed by atoms with Gasteiger partial charge >= 0.3 is 6.03 Å². The summed E-state index contributed by atoms with van der Waals surface area (Å²) in [7, 11) is 3.07. The Hall–Kier alpha value is -3.56. The molecular weight excluding hydrogens is 494 g/mol. The van der Waals surface area contributed by atoms with Crippen LogP contribution >= 0.6 is 11.8 Å². The lowest BCUT2D eigenvalue weighted by Gasteiger charge is -2.29. The Balaban J connectivity index is 1.53. The Morgan fingerprint density at radius 2 is 2.16 bits per heavy atom. The predicted octanol–water partition coefficient (Wildman–Crippen LogP) is 2.86. The number of fused-ring (bicyclic) bond motifs is 1. The number of thioether (sulfide) groups is 1. The molecule has 0 unspecified atom stereocenters. The number of likely N-dealkylation sites (tertiary alicyclic amines) is 1. The molecule has 2 aromatic heterocycles. The first-order chi connectivity index (χ1) is 18.0. The first-order valence-electron chi connectivity index (χ1n) is 12.1. The molecule has 0 aromatic carbocycles. The maximum atomic E-state index is 13.3. The number of ether oxygens (including phenoxy) is 2. The van der Waals surface area contributed by atoms with Gasteiger partial charge in [-0.1, -0.05) is 0 Å². The average molecular weight is 526 g/mol. The van der Waals surface area contributed by atoms with Crippen LogP contribution in [0.2, 0.25) is 0 Å². The first kappa shape index (κ1) is 26.5. The molecule has 11 nitrogen and oxygen atoms in total. The number of aryl methyl sites for hydroxylation is 1. The molecule has 0 saturated carbocycles. The number of nitrogens with one attached hydrogen (secondary N) is 2. The molecule has 2 N–H and O–H groups in total. The van der Waals surface area contributed by atoms with Crippen LogP contribution < -0.4 is 20.3 Å². The number of urea groups is 1. The van der Waals surface area contributed by atoms with E-state index in [0.29, 0.717) is 61.4 Å². The third kappa shape index (κ3) is 5.89. The van der Waals surface area contributed by atoms with Gasteiger partial charge < -0.3 is 19.7 Å². The Bertz CT molecular complexity index is 1200. The van der Waals surface area contributed by atoms with Crippen LogP contribution in [0.4, 0.5) is 22.1 Å². The SMILES string of the molecule is COc1nc2c(cc1CN1CC[C@@H](OC)C1=O)CCCN2C(=O)Nc1cc(NCCSC)c(C#N)cn1. The van der Waals surface area contributed by atoms with E-state index in [0.717, 1.165) is 29.7 Å². The van der Waals surface area contributed by atoms with Crippen LogP contribution in [0.25, 0.3) is 0 Å². The summed E-state index contributed by atoms with van der Waals surface area (Å²) in [6.07, 6.45) is 5.23. The van der Waals surface area contributed by atoms with Crippen molar-refractivity contribution in [3.8, 4) is 11.9 Å². The van der Waals surface area contributed by atoms with Crippen LogP contribution in [-0.4, -0.2) is 78.8 Å². The number of methoxy groups -OCH3 is 2. The highest BCUT2D eigenvalue weighted by Crippen LogP contribution is 2.32. The first-order valence-corrected chi connectivity index (χ1v) is 13.5. The van der Waals surface area contributed by atoms with Crippen molar-refractivity contribution in [2.45, 2.75) is 31.9 Å². The minimum Gasteiger partial charge on any atom is -0.481 e. The molecule has 2 aliphatic rings. The highest BCUT2D eigenvalue weighted by atomic mass is 32.2. The topological polar surface area (TPSA) is 133 Å². The van der Waals surface area contributed by atoms with E-state index in [1.165, 1.54) is 13.3 Å². The second-order valence-corrected chi connectivity index (χ2v) is 9.73. The van der Waals surface area contributed by atoms with E-state index in [1.54, 1.807) is 34.7 Å². The minimum atomic E-state index is -0.409. The molecule has 2 aliphatic heterocycles. The summed E-state index contributed by atoms with van der Waals surface area (Å²) in [4.78, 5) is 38.0. The van der Waals surface area contributed by atoms with Crippen LogP contribution in [0.3, 0.4) is 0 Å². The summed E-state index contributed by atoms with van der Waals surface area (Å²) in [5.41, 5.74) is 2.75. The molecule has 1 saturated heterocycles. The van der Waals surface area contributed by atoms with E-state index in [1.807, 2.05) is 12.3 Å². The molecule has 3 amide bonds. The van der Waals surface area contributed by atoms with Crippen molar-refractivity contribution in [1.29, 1.82) is 5.26 Å². The highest BCUT2D eigenvalue weighted by molar-refractivity contribution is 7.98. The number of pyridine rings is 2. The molecule has 0 spiro atoms. The standard InChI is InChI=1S/C25H31N7O4S/c1-35-20-6-9-31(24(20)33)15-17-11-16-5-4-8-32(22(16)30-23(17)36-2)25(34)29-21-12-19(27-7-10-37-3)18(13-26)14-28-21/h11-12,14,20H,4-10,15H2,1-3H3,(H2,27,28,29,34)/t20-/m1/s1. The summed E-state index contributed by atoms with van der Waals surface area (Å²) in [6, 6.07) is 5.39. The van der Waals surface area contributed by atoms with Gasteiger partial charge in [-0.2, -0.15) is 22.0 Å². The van der Waals surface area contributed by atoms with Gasteiger partial charge in [0.15, 0.2) is 0 Å². The second-order valence-electron chi connectivity index (χ2n) is 8.74. The summed E-state index contributed by atoms with van der Waals surface area (Å²) in [5.74, 6) is 2.09. The highest BCUT2D eigenvalue weighted by Gasteiger charge is 2.33. The van der Waals surface area contributed by atoms with Crippen LogP contribution in [0.1, 0.15) is 29.5 Å². The summed E-state index contributed by atoms with van der Waals surface area (Å²) in [5, 5.41) is 15.4. The van der Waals surface area contributed by atoms with Crippen molar-refractivity contribution in [2.24, 2.45) is 0 Å². The lowest BCUT2D eigenvalue weighted by Crippen LogP contribution is -2.39. The van der Waals surface area contributed by atoms with Gasteiger partial charge in [0.05, 0.1) is 24.9 Å². The fourth-order valence-corrected chi connectivity index (χ4v) is 4.84. The van der Waals surface area contributed by atoms with Crippen molar-refractivity contribution in [1.82, 2.24) is 14.9 Å². The quantitative estimate of drug-likeness (QED) is 0.474. The van der Waals surface area contributed by atoms with Gasteiger partial charge in [-0.05, 0) is 30.7 Å². The van der Waals surface area contributed by atoms with Gasteiger partial charge in [-0.15, -0.1) is 0 Å². The molecular formula is C25H31N7O4S. The Kier molecular flexibility index (Phi) is 8.68. The van der Waals surface area contributed by atoms with Crippen molar-refractivity contribution in [2.75, 3.05) is 61.4 Å². The molecule has 1 fully saturated rings. The molecule has 2 aromatic rings. The smallest absolute Gasteiger partial charge is 0.328 e. The third-order valence-corrected chi connectivity index (χ3v) is 7.03. The fourth-order valence-electron chi connectivity index (χ4n) is 4.53. The summed E-state index contributed by atoms with van der Waals surface area (Å²) >= 11 is 1.70. The molecule has 196 valence electrons. The zero-order valence-electron chi connectivity index (χ0n) is 21.2. The van der Waals surface area contributed by atoms with Gasteiger partial charge in [-0.3, -0.25) is 15.0 Å². The van der Waals surface area contributed by atoms with Crippen molar-refractivity contribution >= 4 is 41.0 Å². The predicted molar refractivity (Wildman–Crippen MR) is 142 cm³/mol. The Labute approximate surface area is 220 Å². The molecule has 1 atom stereocenters. The number of hydrogen-bond donors (Lipinski definition) is 2. The molecule has 0 aliphatic carbocycles. The molecule has 0 bridgehead atoms. The largest absolute Gasteiger partial charge is 0.481 e. The number of amides is 3. The average Bonchev–Trinajstić information content (AvgIpc) is 3.26. The third-order valence-electron chi connectivity index (χ3n) is 6.41. The second kappa shape index (κ2) is 12.1. The Morgan fingerprint density at radius 3 is 2.86 bits per heavy atom. The molecule has 37 heavy (non-hydrogen) atoms. The Morgan fingerprint density at radius 1 is 1.32 bits per heavy atom. The number of rotatable bonds is 9. The van der Waals surface area contributed by atoms with Gasteiger partial charge in [0.25, 0.3) is 5.91 Å².